The van der Waals surface area contributed by atoms with Gasteiger partial charge in [0.25, 0.3) is 5.91 Å². The Kier molecular flexibility index (Phi) is 8.77. The highest BCUT2D eigenvalue weighted by Crippen LogP contribution is 2.27. The van der Waals surface area contributed by atoms with Crippen LogP contribution in [0.3, 0.4) is 0 Å². The first-order valence-electron chi connectivity index (χ1n) is 11.1. The molecule has 0 radical (unpaired) electrons. The van der Waals surface area contributed by atoms with E-state index in [4.69, 9.17) is 9.47 Å². The molecule has 186 valence electrons. The fraction of sp³-hybridized carbons (Fsp3) is 0.185. The van der Waals surface area contributed by atoms with Crippen molar-refractivity contribution in [2.75, 3.05) is 24.4 Å². The molecular formula is C27H28N4O5. The van der Waals surface area contributed by atoms with Crippen LogP contribution < -0.4 is 25.5 Å². The van der Waals surface area contributed by atoms with Crippen molar-refractivity contribution < 1.29 is 23.9 Å². The molecule has 0 saturated carbocycles. The highest BCUT2D eigenvalue weighted by atomic mass is 16.5. The summed E-state index contributed by atoms with van der Waals surface area (Å²) in [4.78, 5) is 36.5. The van der Waals surface area contributed by atoms with Crippen LogP contribution in [0.1, 0.15) is 22.3 Å². The number of carbonyl (C=O) groups excluding carboxylic acids is 3. The van der Waals surface area contributed by atoms with Crippen LogP contribution in [0, 0.1) is 20.8 Å². The lowest BCUT2D eigenvalue weighted by molar-refractivity contribution is -0.136. The topological polar surface area (TPSA) is 118 Å². The lowest BCUT2D eigenvalue weighted by Gasteiger charge is -2.11. The number of aryl methyl sites for hydroxylation is 3. The van der Waals surface area contributed by atoms with Gasteiger partial charge in [0, 0.05) is 11.4 Å². The van der Waals surface area contributed by atoms with Crippen LogP contribution in [0.5, 0.6) is 11.5 Å². The van der Waals surface area contributed by atoms with Crippen LogP contribution in [0.4, 0.5) is 11.4 Å². The molecule has 9 heteroatoms. The molecule has 9 nitrogen and oxygen atoms in total. The number of nitrogens with one attached hydrogen (secondary N) is 3. The average molecular weight is 489 g/mol. The van der Waals surface area contributed by atoms with E-state index in [1.807, 2.05) is 63.2 Å². The Labute approximate surface area is 209 Å². The minimum atomic E-state index is -0.902. The fourth-order valence-electron chi connectivity index (χ4n) is 3.26. The quantitative estimate of drug-likeness (QED) is 0.254. The predicted molar refractivity (Wildman–Crippen MR) is 139 cm³/mol. The van der Waals surface area contributed by atoms with E-state index in [0.717, 1.165) is 16.7 Å². The van der Waals surface area contributed by atoms with Gasteiger partial charge >= 0.3 is 11.8 Å². The number of hydrazone groups is 1. The van der Waals surface area contributed by atoms with Crippen LogP contribution in [0.15, 0.2) is 65.8 Å². The molecule has 36 heavy (non-hydrogen) atoms. The van der Waals surface area contributed by atoms with Crippen molar-refractivity contribution >= 4 is 35.3 Å². The van der Waals surface area contributed by atoms with Gasteiger partial charge in [-0.2, -0.15) is 5.10 Å². The van der Waals surface area contributed by atoms with Crippen molar-refractivity contribution in [2.45, 2.75) is 20.8 Å². The summed E-state index contributed by atoms with van der Waals surface area (Å²) in [7, 11) is 1.47. The fourth-order valence-corrected chi connectivity index (χ4v) is 3.26. The number of carbonyl (C=O) groups is 3. The van der Waals surface area contributed by atoms with Crippen LogP contribution in [-0.4, -0.2) is 37.7 Å². The normalized spacial score (nSPS) is 10.6. The first-order valence-corrected chi connectivity index (χ1v) is 11.1. The number of amides is 3. The van der Waals surface area contributed by atoms with Crippen molar-refractivity contribution in [3.8, 4) is 11.5 Å². The molecular weight excluding hydrogens is 460 g/mol. The van der Waals surface area contributed by atoms with Crippen molar-refractivity contribution in [1.29, 1.82) is 0 Å². The maximum absolute atomic E-state index is 12.2. The van der Waals surface area contributed by atoms with Gasteiger partial charge in [-0.1, -0.05) is 35.9 Å². The molecule has 0 aliphatic carbocycles. The van der Waals surface area contributed by atoms with Gasteiger partial charge in [-0.15, -0.1) is 0 Å². The van der Waals surface area contributed by atoms with Crippen molar-refractivity contribution in [1.82, 2.24) is 5.43 Å². The molecule has 0 aromatic heterocycles. The summed E-state index contributed by atoms with van der Waals surface area (Å²) < 4.78 is 10.9. The molecule has 0 aliphatic heterocycles. The number of nitrogens with zero attached hydrogens (tertiary/aromatic N) is 1. The number of hydrogen-bond donors (Lipinski definition) is 3. The maximum Gasteiger partial charge on any atom is 0.329 e. The first-order chi connectivity index (χ1) is 17.3. The lowest BCUT2D eigenvalue weighted by Crippen LogP contribution is -2.32. The molecule has 3 amide bonds. The zero-order valence-electron chi connectivity index (χ0n) is 20.5. The standard InChI is InChI=1S/C27H28N4O5/c1-17-8-11-21(12-9-17)29-24(32)16-36-22-13-10-20(14-23(22)35-4)15-28-31-27(34)26(33)30-25-18(2)6-5-7-19(25)3/h5-15H,16H2,1-4H3,(H,29,32)(H,30,33)(H,31,34)/b28-15-. The second kappa shape index (κ2) is 12.2. The summed E-state index contributed by atoms with van der Waals surface area (Å²) in [6, 6.07) is 17.9. The van der Waals surface area contributed by atoms with Crippen molar-refractivity contribution in [3.05, 3.63) is 82.9 Å². The summed E-state index contributed by atoms with van der Waals surface area (Å²) >= 11 is 0. The average Bonchev–Trinajstić information content (AvgIpc) is 2.86. The molecule has 0 aliphatic rings. The van der Waals surface area contributed by atoms with Crippen molar-refractivity contribution in [2.24, 2.45) is 5.10 Å². The third-order valence-electron chi connectivity index (χ3n) is 5.19. The van der Waals surface area contributed by atoms with Crippen LogP contribution >= 0.6 is 0 Å². The van der Waals surface area contributed by atoms with E-state index in [9.17, 15) is 14.4 Å². The van der Waals surface area contributed by atoms with E-state index < -0.39 is 11.8 Å². The Morgan fingerprint density at radius 3 is 2.22 bits per heavy atom. The van der Waals surface area contributed by atoms with Crippen LogP contribution in [0.25, 0.3) is 0 Å². The third-order valence-corrected chi connectivity index (χ3v) is 5.19. The minimum Gasteiger partial charge on any atom is -0.493 e. The predicted octanol–water partition coefficient (Wildman–Crippen LogP) is 3.73. The van der Waals surface area contributed by atoms with E-state index in [1.54, 1.807) is 18.2 Å². The molecule has 3 aromatic carbocycles. The largest absolute Gasteiger partial charge is 0.493 e. The third kappa shape index (κ3) is 7.17. The Morgan fingerprint density at radius 1 is 0.861 bits per heavy atom. The minimum absolute atomic E-state index is 0.205. The SMILES string of the molecule is COc1cc(/C=N\NC(=O)C(=O)Nc2c(C)cccc2C)ccc1OCC(=O)Nc1ccc(C)cc1. The molecule has 0 saturated heterocycles. The number of ether oxygens (including phenoxy) is 2. The summed E-state index contributed by atoms with van der Waals surface area (Å²) in [5.74, 6) is -1.30. The number of rotatable bonds is 8. The van der Waals surface area contributed by atoms with Gasteiger partial charge in [0.1, 0.15) is 0 Å². The van der Waals surface area contributed by atoms with Crippen LogP contribution in [0.2, 0.25) is 0 Å². The van der Waals surface area contributed by atoms with Gasteiger partial charge in [-0.3, -0.25) is 14.4 Å². The number of hydrogen-bond acceptors (Lipinski definition) is 6. The van der Waals surface area contributed by atoms with Gasteiger partial charge in [0.2, 0.25) is 0 Å². The Hall–Kier alpha value is -4.66. The van der Waals surface area contributed by atoms with Crippen molar-refractivity contribution in [3.63, 3.8) is 0 Å². The molecule has 3 N–H and O–H groups in total. The molecule has 0 spiro atoms. The maximum atomic E-state index is 12.2. The number of benzene rings is 3. The monoisotopic (exact) mass is 488 g/mol. The Balaban J connectivity index is 1.54. The highest BCUT2D eigenvalue weighted by Gasteiger charge is 2.15. The van der Waals surface area contributed by atoms with E-state index in [2.05, 4.69) is 21.2 Å². The molecule has 0 heterocycles. The summed E-state index contributed by atoms with van der Waals surface area (Å²) in [6.45, 7) is 5.45. The molecule has 0 unspecified atom stereocenters. The first kappa shape index (κ1) is 26.0. The number of anilines is 2. The van der Waals surface area contributed by atoms with Gasteiger partial charge in [-0.05, 0) is 67.8 Å². The highest BCUT2D eigenvalue weighted by molar-refractivity contribution is 6.39. The summed E-state index contributed by atoms with van der Waals surface area (Å²) in [6.07, 6.45) is 1.36. The summed E-state index contributed by atoms with van der Waals surface area (Å²) in [5, 5.41) is 9.19. The molecule has 0 atom stereocenters. The number of methoxy groups -OCH3 is 1. The second-order valence-electron chi connectivity index (χ2n) is 8.03. The zero-order chi connectivity index (χ0) is 26.1. The zero-order valence-corrected chi connectivity index (χ0v) is 20.5. The van der Waals surface area contributed by atoms with Crippen LogP contribution in [-0.2, 0) is 14.4 Å². The second-order valence-corrected chi connectivity index (χ2v) is 8.03. The number of para-hydroxylation sites is 1. The molecule has 3 aromatic rings. The molecule has 0 fully saturated rings. The van der Waals surface area contributed by atoms with Gasteiger partial charge in [-0.25, -0.2) is 5.43 Å². The van der Waals surface area contributed by atoms with E-state index in [1.165, 1.54) is 13.3 Å². The lowest BCUT2D eigenvalue weighted by atomic mass is 10.1. The van der Waals surface area contributed by atoms with Gasteiger partial charge in [0.15, 0.2) is 18.1 Å². The molecule has 0 bridgehead atoms. The Morgan fingerprint density at radius 2 is 1.56 bits per heavy atom. The van der Waals surface area contributed by atoms with Gasteiger partial charge < -0.3 is 20.1 Å². The van der Waals surface area contributed by atoms with E-state index in [-0.39, 0.29) is 12.5 Å². The van der Waals surface area contributed by atoms with Gasteiger partial charge in [0.05, 0.1) is 13.3 Å². The van der Waals surface area contributed by atoms with E-state index in [0.29, 0.717) is 28.4 Å². The van der Waals surface area contributed by atoms with E-state index >= 15 is 0 Å². The Bertz CT molecular complexity index is 1270. The summed E-state index contributed by atoms with van der Waals surface area (Å²) in [5.41, 5.74) is 6.85. The molecule has 3 rings (SSSR count). The smallest absolute Gasteiger partial charge is 0.329 e.